The number of ether oxygens (including phenoxy) is 1. The first kappa shape index (κ1) is 28.5. The summed E-state index contributed by atoms with van der Waals surface area (Å²) in [6.45, 7) is 3.49. The molecule has 0 bridgehead atoms. The van der Waals surface area contributed by atoms with Gasteiger partial charge in [0.2, 0.25) is 5.89 Å². The van der Waals surface area contributed by atoms with E-state index in [4.69, 9.17) is 13.6 Å². The molecule has 2 N–H and O–H groups in total. The molecule has 2 amide bonds. The fourth-order valence-electron chi connectivity index (χ4n) is 5.14. The van der Waals surface area contributed by atoms with Crippen molar-refractivity contribution in [1.82, 2.24) is 20.6 Å². The molecule has 222 valence electrons. The zero-order valence-corrected chi connectivity index (χ0v) is 24.1. The number of hydrogen-bond donors (Lipinski definition) is 2. The molecule has 0 spiro atoms. The van der Waals surface area contributed by atoms with E-state index in [0.717, 1.165) is 0 Å². The Morgan fingerprint density at radius 2 is 1.73 bits per heavy atom. The Bertz CT molecular complexity index is 2030. The fourth-order valence-corrected chi connectivity index (χ4v) is 5.14. The van der Waals surface area contributed by atoms with Crippen molar-refractivity contribution in [3.63, 3.8) is 0 Å². The summed E-state index contributed by atoms with van der Waals surface area (Å²) in [6.07, 6.45) is 3.15. The van der Waals surface area contributed by atoms with E-state index in [1.54, 1.807) is 44.4 Å². The van der Waals surface area contributed by atoms with Crippen LogP contribution < -0.4 is 15.4 Å². The van der Waals surface area contributed by atoms with E-state index in [1.165, 1.54) is 50.6 Å². The predicted molar refractivity (Wildman–Crippen MR) is 159 cm³/mol. The summed E-state index contributed by atoms with van der Waals surface area (Å²) >= 11 is 0. The molecule has 9 nitrogen and oxygen atoms in total. The van der Waals surface area contributed by atoms with Gasteiger partial charge in [0.05, 0.1) is 29.8 Å². The van der Waals surface area contributed by atoms with Crippen molar-refractivity contribution in [3.05, 3.63) is 101 Å². The number of carbonyl (C=O) groups excluding carboxylic acids is 2. The predicted octanol–water partition coefficient (Wildman–Crippen LogP) is 6.75. The molecule has 44 heavy (non-hydrogen) atoms. The molecule has 3 aromatic carbocycles. The van der Waals surface area contributed by atoms with E-state index in [-0.39, 0.29) is 39.2 Å². The van der Waals surface area contributed by atoms with Crippen LogP contribution in [0.15, 0.2) is 75.8 Å². The number of hydrogen-bond acceptors (Lipinski definition) is 7. The second kappa shape index (κ2) is 11.3. The van der Waals surface area contributed by atoms with Crippen LogP contribution in [-0.4, -0.2) is 35.9 Å². The molecule has 1 atom stereocenters. The third-order valence-corrected chi connectivity index (χ3v) is 7.36. The van der Waals surface area contributed by atoms with Crippen LogP contribution in [0.4, 0.5) is 8.78 Å². The highest BCUT2D eigenvalue weighted by molar-refractivity contribution is 6.12. The van der Waals surface area contributed by atoms with E-state index in [9.17, 15) is 14.0 Å². The van der Waals surface area contributed by atoms with Gasteiger partial charge in [-0.15, -0.1) is 0 Å². The first-order valence-corrected chi connectivity index (χ1v) is 13.6. The molecule has 11 heteroatoms. The van der Waals surface area contributed by atoms with E-state index < -0.39 is 29.5 Å². The number of halogens is 2. The summed E-state index contributed by atoms with van der Waals surface area (Å²) in [4.78, 5) is 35.0. The van der Waals surface area contributed by atoms with Gasteiger partial charge in [-0.2, -0.15) is 0 Å². The van der Waals surface area contributed by atoms with Gasteiger partial charge in [-0.25, -0.2) is 13.8 Å². The zero-order valence-electron chi connectivity index (χ0n) is 24.1. The van der Waals surface area contributed by atoms with E-state index in [1.807, 2.05) is 0 Å². The Morgan fingerprint density at radius 1 is 0.955 bits per heavy atom. The van der Waals surface area contributed by atoms with Crippen LogP contribution in [-0.2, 0) is 0 Å². The van der Waals surface area contributed by atoms with E-state index in [0.29, 0.717) is 33.7 Å². The second-order valence-electron chi connectivity index (χ2n) is 10.2. The van der Waals surface area contributed by atoms with Crippen molar-refractivity contribution in [2.75, 3.05) is 14.2 Å². The van der Waals surface area contributed by atoms with Crippen LogP contribution in [0.1, 0.15) is 45.1 Å². The van der Waals surface area contributed by atoms with Crippen LogP contribution in [0.2, 0.25) is 0 Å². The molecule has 0 saturated heterocycles. The Morgan fingerprint density at radius 3 is 2.43 bits per heavy atom. The van der Waals surface area contributed by atoms with Crippen molar-refractivity contribution in [2.24, 2.45) is 0 Å². The van der Waals surface area contributed by atoms with Crippen molar-refractivity contribution < 1.29 is 31.9 Å². The Hall–Kier alpha value is -5.58. The van der Waals surface area contributed by atoms with Crippen LogP contribution in [0.3, 0.4) is 0 Å². The van der Waals surface area contributed by atoms with Gasteiger partial charge < -0.3 is 24.2 Å². The van der Waals surface area contributed by atoms with E-state index >= 15 is 4.39 Å². The maximum Gasteiger partial charge on any atom is 0.255 e. The SMILES string of the molecule is CNC(=O)c1c(-c2ccc(F)cc2)oc2ccc(-c3cc(C(=O)N[C@H](C)c4nc5cnccc5o4)c(OC)cc3C)c(F)c12. The van der Waals surface area contributed by atoms with Crippen molar-refractivity contribution in [1.29, 1.82) is 0 Å². The average Bonchev–Trinajstić information content (AvgIpc) is 3.64. The van der Waals surface area contributed by atoms with Crippen molar-refractivity contribution in [3.8, 4) is 28.2 Å². The molecular formula is C33H26F2N4O5. The summed E-state index contributed by atoms with van der Waals surface area (Å²) < 4.78 is 47.3. The van der Waals surface area contributed by atoms with Crippen molar-refractivity contribution >= 4 is 33.9 Å². The highest BCUT2D eigenvalue weighted by Crippen LogP contribution is 2.40. The molecule has 0 unspecified atom stereocenters. The number of aryl methyl sites for hydroxylation is 1. The smallest absolute Gasteiger partial charge is 0.255 e. The van der Waals surface area contributed by atoms with Gasteiger partial charge in [-0.1, -0.05) is 0 Å². The number of furan rings is 1. The molecule has 6 aromatic rings. The second-order valence-corrected chi connectivity index (χ2v) is 10.2. The number of pyridine rings is 1. The number of rotatable bonds is 7. The monoisotopic (exact) mass is 596 g/mol. The molecule has 0 saturated carbocycles. The fraction of sp³-hybridized carbons (Fsp3) is 0.152. The van der Waals surface area contributed by atoms with Crippen LogP contribution in [0.25, 0.3) is 44.5 Å². The first-order valence-electron chi connectivity index (χ1n) is 13.6. The maximum absolute atomic E-state index is 16.5. The van der Waals surface area contributed by atoms with Crippen molar-refractivity contribution in [2.45, 2.75) is 19.9 Å². The Balaban J connectivity index is 1.43. The highest BCUT2D eigenvalue weighted by atomic mass is 19.1. The Kier molecular flexibility index (Phi) is 7.30. The molecule has 3 aromatic heterocycles. The molecule has 0 fully saturated rings. The zero-order chi connectivity index (χ0) is 31.1. The number of amides is 2. The largest absolute Gasteiger partial charge is 0.496 e. The molecule has 6 rings (SSSR count). The normalized spacial score (nSPS) is 12.0. The van der Waals surface area contributed by atoms with Crippen LogP contribution >= 0.6 is 0 Å². The third kappa shape index (κ3) is 4.91. The number of nitrogens with one attached hydrogen (secondary N) is 2. The number of benzene rings is 3. The van der Waals surface area contributed by atoms with Gasteiger partial charge in [0.1, 0.15) is 40.3 Å². The molecular weight excluding hydrogens is 570 g/mol. The first-order chi connectivity index (χ1) is 21.2. The van der Waals surface area contributed by atoms with Gasteiger partial charge in [0.15, 0.2) is 5.58 Å². The lowest BCUT2D eigenvalue weighted by atomic mass is 9.94. The third-order valence-electron chi connectivity index (χ3n) is 7.36. The lowest BCUT2D eigenvalue weighted by Gasteiger charge is -2.16. The van der Waals surface area contributed by atoms with Gasteiger partial charge in [0.25, 0.3) is 11.8 Å². The Labute approximate surface area is 249 Å². The number of aromatic nitrogens is 2. The quantitative estimate of drug-likeness (QED) is 0.209. The van der Waals surface area contributed by atoms with E-state index in [2.05, 4.69) is 20.6 Å². The number of oxazole rings is 1. The molecule has 0 aliphatic heterocycles. The summed E-state index contributed by atoms with van der Waals surface area (Å²) in [6, 6.07) is 12.7. The van der Waals surface area contributed by atoms with Gasteiger partial charge in [0, 0.05) is 30.4 Å². The standard InChI is InChI=1S/C33H26F2N4O5/c1-16-13-26(42-4)22(31(40)38-17(2)33-39-23-15-37-12-11-24(23)44-33)14-21(16)20-9-10-25-27(29(20)35)28(32(41)36-3)30(43-25)18-5-7-19(34)8-6-18/h5-15,17H,1-4H3,(H,36,41)(H,38,40)/t17-/m1/s1. The topological polar surface area (TPSA) is 119 Å². The minimum absolute atomic E-state index is 0.0278. The number of nitrogens with zero attached hydrogens (tertiary/aromatic N) is 2. The lowest BCUT2D eigenvalue weighted by molar-refractivity contribution is 0.0929. The maximum atomic E-state index is 16.5. The minimum Gasteiger partial charge on any atom is -0.496 e. The van der Waals surface area contributed by atoms with Gasteiger partial charge in [-0.3, -0.25) is 14.6 Å². The summed E-state index contributed by atoms with van der Waals surface area (Å²) in [5, 5.41) is 5.36. The molecule has 0 aliphatic rings. The molecule has 3 heterocycles. The lowest BCUT2D eigenvalue weighted by Crippen LogP contribution is -2.27. The number of methoxy groups -OCH3 is 1. The summed E-state index contributed by atoms with van der Waals surface area (Å²) in [5.74, 6) is -1.57. The highest BCUT2D eigenvalue weighted by Gasteiger charge is 2.27. The summed E-state index contributed by atoms with van der Waals surface area (Å²) in [5.41, 5.74) is 2.94. The van der Waals surface area contributed by atoms with Gasteiger partial charge in [-0.05, 0) is 73.5 Å². The number of carbonyl (C=O) groups is 2. The number of fused-ring (bicyclic) bond motifs is 2. The van der Waals surface area contributed by atoms with Gasteiger partial charge >= 0.3 is 0 Å². The molecule has 0 aliphatic carbocycles. The van der Waals surface area contributed by atoms with Crippen LogP contribution in [0.5, 0.6) is 5.75 Å². The van der Waals surface area contributed by atoms with Crippen LogP contribution in [0, 0.1) is 18.6 Å². The molecule has 0 radical (unpaired) electrons. The summed E-state index contributed by atoms with van der Waals surface area (Å²) in [7, 11) is 2.86. The minimum atomic E-state index is -0.716. The average molecular weight is 597 g/mol.